The van der Waals surface area contributed by atoms with Crippen molar-refractivity contribution in [1.29, 1.82) is 0 Å². The number of hydrogen-bond acceptors (Lipinski definition) is 3. The number of benzene rings is 1. The molecule has 3 rings (SSSR count). The predicted molar refractivity (Wildman–Crippen MR) is 82.9 cm³/mol. The van der Waals surface area contributed by atoms with Crippen LogP contribution in [0.4, 0.5) is 0 Å². The zero-order chi connectivity index (χ0) is 13.9. The van der Waals surface area contributed by atoms with Crippen molar-refractivity contribution < 1.29 is 4.42 Å². The van der Waals surface area contributed by atoms with Gasteiger partial charge in [-0.15, -0.1) is 0 Å². The van der Waals surface area contributed by atoms with Crippen molar-refractivity contribution in [2.75, 3.05) is 20.1 Å². The molecule has 1 aromatic carbocycles. The van der Waals surface area contributed by atoms with Crippen LogP contribution >= 0.6 is 0 Å². The lowest BCUT2D eigenvalue weighted by molar-refractivity contribution is 0.256. The van der Waals surface area contributed by atoms with E-state index >= 15 is 0 Å². The van der Waals surface area contributed by atoms with Gasteiger partial charge in [0.15, 0.2) is 0 Å². The zero-order valence-corrected chi connectivity index (χ0v) is 12.5. The lowest BCUT2D eigenvalue weighted by Crippen LogP contribution is -2.42. The molecule has 0 aliphatic carbocycles. The van der Waals surface area contributed by atoms with E-state index in [0.29, 0.717) is 6.04 Å². The number of hydrogen-bond donors (Lipinski definition) is 1. The van der Waals surface area contributed by atoms with E-state index < -0.39 is 0 Å². The molecule has 108 valence electrons. The minimum atomic E-state index is 0.646. The topological polar surface area (TPSA) is 28.4 Å². The van der Waals surface area contributed by atoms with E-state index in [0.717, 1.165) is 24.4 Å². The number of aryl methyl sites for hydroxylation is 1. The Hall–Kier alpha value is -1.32. The van der Waals surface area contributed by atoms with Crippen LogP contribution in [-0.2, 0) is 6.54 Å². The zero-order valence-electron chi connectivity index (χ0n) is 12.5. The Balaban J connectivity index is 1.70. The number of nitrogens with zero attached hydrogens (tertiary/aromatic N) is 1. The van der Waals surface area contributed by atoms with Crippen LogP contribution in [0.25, 0.3) is 11.0 Å². The molecule has 1 N–H and O–H groups in total. The van der Waals surface area contributed by atoms with Gasteiger partial charge in [0.25, 0.3) is 0 Å². The van der Waals surface area contributed by atoms with Gasteiger partial charge in [0.05, 0.1) is 0 Å². The number of fused-ring (bicyclic) bond motifs is 1. The first kappa shape index (κ1) is 13.7. The van der Waals surface area contributed by atoms with Crippen LogP contribution in [0.15, 0.2) is 28.7 Å². The fourth-order valence-corrected chi connectivity index (χ4v) is 3.21. The van der Waals surface area contributed by atoms with Crippen LogP contribution in [0.5, 0.6) is 0 Å². The molecule has 0 saturated carbocycles. The minimum absolute atomic E-state index is 0.646. The maximum absolute atomic E-state index is 5.85. The van der Waals surface area contributed by atoms with Gasteiger partial charge in [-0.05, 0) is 39.4 Å². The highest BCUT2D eigenvalue weighted by Crippen LogP contribution is 2.26. The van der Waals surface area contributed by atoms with Crippen LogP contribution in [-0.4, -0.2) is 31.1 Å². The molecule has 0 spiro atoms. The number of likely N-dealkylation sites (N-methyl/N-ethyl adjacent to an activating group) is 1. The summed E-state index contributed by atoms with van der Waals surface area (Å²) in [5.74, 6) is 1.05. The van der Waals surface area contributed by atoms with Crippen molar-refractivity contribution >= 4 is 11.0 Å². The van der Waals surface area contributed by atoms with Crippen molar-refractivity contribution in [1.82, 2.24) is 10.2 Å². The molecular weight excluding hydrogens is 248 g/mol. The maximum Gasteiger partial charge on any atom is 0.134 e. The summed E-state index contributed by atoms with van der Waals surface area (Å²) in [5.41, 5.74) is 2.34. The lowest BCUT2D eigenvalue weighted by Gasteiger charge is -2.28. The number of furan rings is 1. The van der Waals surface area contributed by atoms with E-state index in [1.165, 1.54) is 36.8 Å². The monoisotopic (exact) mass is 272 g/mol. The summed E-state index contributed by atoms with van der Waals surface area (Å²) < 4.78 is 5.85. The number of para-hydroxylation sites is 1. The van der Waals surface area contributed by atoms with Gasteiger partial charge in [-0.1, -0.05) is 24.6 Å². The molecule has 1 aromatic heterocycles. The first-order valence-electron chi connectivity index (χ1n) is 7.63. The van der Waals surface area contributed by atoms with Crippen molar-refractivity contribution in [3.8, 4) is 0 Å². The van der Waals surface area contributed by atoms with Crippen LogP contribution in [0.3, 0.4) is 0 Å². The summed E-state index contributed by atoms with van der Waals surface area (Å²) in [4.78, 5) is 2.41. The summed E-state index contributed by atoms with van der Waals surface area (Å²) >= 11 is 0. The molecule has 20 heavy (non-hydrogen) atoms. The van der Waals surface area contributed by atoms with Gasteiger partial charge in [-0.25, -0.2) is 0 Å². The third-order valence-electron chi connectivity index (χ3n) is 4.27. The molecule has 2 heterocycles. The first-order chi connectivity index (χ1) is 9.74. The van der Waals surface area contributed by atoms with Crippen LogP contribution in [0.2, 0.25) is 0 Å². The molecule has 2 aromatic rings. The molecule has 1 atom stereocenters. The molecule has 3 nitrogen and oxygen atoms in total. The summed E-state index contributed by atoms with van der Waals surface area (Å²) in [6.45, 7) is 5.31. The van der Waals surface area contributed by atoms with Crippen molar-refractivity contribution in [3.63, 3.8) is 0 Å². The second kappa shape index (κ2) is 5.98. The molecule has 0 bridgehead atoms. The molecule has 1 saturated heterocycles. The van der Waals surface area contributed by atoms with E-state index in [1.807, 2.05) is 6.07 Å². The number of piperidine rings is 1. The molecule has 0 radical (unpaired) electrons. The Morgan fingerprint density at radius 1 is 1.30 bits per heavy atom. The normalized spacial score (nSPS) is 19.9. The highest BCUT2D eigenvalue weighted by molar-refractivity contribution is 5.82. The smallest absolute Gasteiger partial charge is 0.134 e. The second-order valence-corrected chi connectivity index (χ2v) is 5.98. The highest BCUT2D eigenvalue weighted by atomic mass is 16.3. The molecular formula is C17H24N2O. The quantitative estimate of drug-likeness (QED) is 0.925. The minimum Gasteiger partial charge on any atom is -0.461 e. The first-order valence-corrected chi connectivity index (χ1v) is 7.63. The largest absolute Gasteiger partial charge is 0.461 e. The van der Waals surface area contributed by atoms with Gasteiger partial charge >= 0.3 is 0 Å². The summed E-state index contributed by atoms with van der Waals surface area (Å²) in [6, 6.07) is 8.98. The molecule has 0 amide bonds. The van der Waals surface area contributed by atoms with E-state index in [2.05, 4.69) is 42.4 Å². The maximum atomic E-state index is 5.85. The van der Waals surface area contributed by atoms with Crippen LogP contribution in [0, 0.1) is 6.92 Å². The van der Waals surface area contributed by atoms with Gasteiger partial charge in [0.2, 0.25) is 0 Å². The van der Waals surface area contributed by atoms with Crippen molar-refractivity contribution in [2.45, 2.75) is 38.8 Å². The van der Waals surface area contributed by atoms with E-state index in [4.69, 9.17) is 4.42 Å². The van der Waals surface area contributed by atoms with Crippen LogP contribution < -0.4 is 5.32 Å². The van der Waals surface area contributed by atoms with Crippen LogP contribution in [0.1, 0.15) is 30.6 Å². The number of rotatable bonds is 4. The Kier molecular flexibility index (Phi) is 4.08. The third-order valence-corrected chi connectivity index (χ3v) is 4.27. The lowest BCUT2D eigenvalue weighted by atomic mass is 10.0. The van der Waals surface area contributed by atoms with Gasteiger partial charge in [-0.3, -0.25) is 0 Å². The van der Waals surface area contributed by atoms with Crippen molar-refractivity contribution in [2.24, 2.45) is 0 Å². The predicted octanol–water partition coefficient (Wildman–Crippen LogP) is 3.32. The molecule has 1 fully saturated rings. The fourth-order valence-electron chi connectivity index (χ4n) is 3.21. The van der Waals surface area contributed by atoms with E-state index in [9.17, 15) is 0 Å². The summed E-state index contributed by atoms with van der Waals surface area (Å²) in [5, 5.41) is 4.87. The Labute approximate surface area is 120 Å². The Bertz CT molecular complexity index is 569. The summed E-state index contributed by atoms with van der Waals surface area (Å²) in [6.07, 6.45) is 3.99. The molecule has 1 aliphatic heterocycles. The third kappa shape index (κ3) is 2.89. The Morgan fingerprint density at radius 3 is 2.95 bits per heavy atom. The van der Waals surface area contributed by atoms with Gasteiger partial charge in [0, 0.05) is 30.1 Å². The second-order valence-electron chi connectivity index (χ2n) is 5.98. The van der Waals surface area contributed by atoms with Gasteiger partial charge in [-0.2, -0.15) is 0 Å². The van der Waals surface area contributed by atoms with Crippen molar-refractivity contribution in [3.05, 3.63) is 35.6 Å². The summed E-state index contributed by atoms with van der Waals surface area (Å²) in [7, 11) is 2.21. The van der Waals surface area contributed by atoms with Gasteiger partial charge in [0.1, 0.15) is 11.3 Å². The standard InChI is InChI=1S/C17H24N2O/c1-13-16(15-8-3-4-9-17(15)20-13)12-19(2)11-14-7-5-6-10-18-14/h3-4,8-9,14,18H,5-7,10-12H2,1-2H3. The highest BCUT2D eigenvalue weighted by Gasteiger charge is 2.17. The molecule has 3 heteroatoms. The van der Waals surface area contributed by atoms with E-state index in [-0.39, 0.29) is 0 Å². The molecule has 1 aliphatic rings. The average molecular weight is 272 g/mol. The van der Waals surface area contributed by atoms with Gasteiger partial charge < -0.3 is 14.6 Å². The Morgan fingerprint density at radius 2 is 2.15 bits per heavy atom. The number of nitrogens with one attached hydrogen (secondary N) is 1. The SMILES string of the molecule is Cc1oc2ccccc2c1CN(C)CC1CCCCN1. The fraction of sp³-hybridized carbons (Fsp3) is 0.529. The average Bonchev–Trinajstić information content (AvgIpc) is 2.76. The van der Waals surface area contributed by atoms with E-state index in [1.54, 1.807) is 0 Å². The molecule has 1 unspecified atom stereocenters.